The van der Waals surface area contributed by atoms with Gasteiger partial charge in [0.2, 0.25) is 11.8 Å². The molecule has 0 bridgehead atoms. The van der Waals surface area contributed by atoms with Gasteiger partial charge in [-0.1, -0.05) is 41.9 Å². The van der Waals surface area contributed by atoms with Crippen molar-refractivity contribution in [2.24, 2.45) is 5.92 Å². The van der Waals surface area contributed by atoms with Crippen LogP contribution in [0.25, 0.3) is 0 Å². The van der Waals surface area contributed by atoms with Gasteiger partial charge in [-0.15, -0.1) is 0 Å². The Morgan fingerprint density at radius 2 is 1.72 bits per heavy atom. The molecular formula is C22H24ClN3O3. The Kier molecular flexibility index (Phi) is 6.88. The van der Waals surface area contributed by atoms with Crippen LogP contribution in [0.4, 0.5) is 0 Å². The Morgan fingerprint density at radius 3 is 2.41 bits per heavy atom. The molecule has 0 aromatic heterocycles. The Labute approximate surface area is 175 Å². The van der Waals surface area contributed by atoms with Gasteiger partial charge < -0.3 is 15.5 Å². The van der Waals surface area contributed by atoms with Gasteiger partial charge in [-0.05, 0) is 36.8 Å². The van der Waals surface area contributed by atoms with E-state index in [9.17, 15) is 14.4 Å². The van der Waals surface area contributed by atoms with Gasteiger partial charge in [0, 0.05) is 36.6 Å². The molecule has 1 saturated heterocycles. The summed E-state index contributed by atoms with van der Waals surface area (Å²) in [4.78, 5) is 38.6. The van der Waals surface area contributed by atoms with Crippen LogP contribution in [-0.2, 0) is 9.59 Å². The van der Waals surface area contributed by atoms with Crippen molar-refractivity contribution < 1.29 is 14.4 Å². The van der Waals surface area contributed by atoms with Crippen molar-refractivity contribution in [2.75, 3.05) is 19.6 Å². The molecular weight excluding hydrogens is 390 g/mol. The van der Waals surface area contributed by atoms with E-state index in [1.807, 2.05) is 37.3 Å². The summed E-state index contributed by atoms with van der Waals surface area (Å²) in [6, 6.07) is 16.3. The van der Waals surface area contributed by atoms with E-state index in [1.165, 1.54) is 0 Å². The van der Waals surface area contributed by atoms with Crippen LogP contribution in [0.1, 0.15) is 35.3 Å². The zero-order chi connectivity index (χ0) is 20.8. The van der Waals surface area contributed by atoms with Crippen molar-refractivity contribution in [1.82, 2.24) is 15.5 Å². The first-order chi connectivity index (χ1) is 14.0. The van der Waals surface area contributed by atoms with Crippen molar-refractivity contribution in [2.45, 2.75) is 19.4 Å². The number of nitrogens with one attached hydrogen (secondary N) is 2. The van der Waals surface area contributed by atoms with Crippen LogP contribution >= 0.6 is 11.6 Å². The largest absolute Gasteiger partial charge is 0.354 e. The number of hydrogen-bond acceptors (Lipinski definition) is 3. The molecule has 2 N–H and O–H groups in total. The molecule has 0 saturated carbocycles. The van der Waals surface area contributed by atoms with Gasteiger partial charge in [0.05, 0.1) is 12.0 Å². The highest BCUT2D eigenvalue weighted by atomic mass is 35.5. The molecule has 7 heteroatoms. The van der Waals surface area contributed by atoms with Crippen LogP contribution in [0.5, 0.6) is 0 Å². The molecule has 1 aliphatic rings. The summed E-state index contributed by atoms with van der Waals surface area (Å²) in [6.07, 6.45) is 0.208. The summed E-state index contributed by atoms with van der Waals surface area (Å²) in [5.74, 6) is -0.783. The van der Waals surface area contributed by atoms with Crippen LogP contribution in [0.3, 0.4) is 0 Å². The third kappa shape index (κ3) is 5.35. The lowest BCUT2D eigenvalue weighted by atomic mass is 10.1. The fourth-order valence-electron chi connectivity index (χ4n) is 3.40. The first kappa shape index (κ1) is 20.9. The lowest BCUT2D eigenvalue weighted by molar-refractivity contribution is -0.130. The van der Waals surface area contributed by atoms with E-state index in [0.717, 1.165) is 5.56 Å². The number of hydrogen-bond donors (Lipinski definition) is 2. The minimum absolute atomic E-state index is 0.0162. The molecule has 3 amide bonds. The van der Waals surface area contributed by atoms with E-state index in [-0.39, 0.29) is 36.1 Å². The van der Waals surface area contributed by atoms with E-state index in [0.29, 0.717) is 30.2 Å². The predicted molar refractivity (Wildman–Crippen MR) is 111 cm³/mol. The average Bonchev–Trinajstić information content (AvgIpc) is 3.13. The van der Waals surface area contributed by atoms with Crippen LogP contribution in [-0.4, -0.2) is 42.3 Å². The maximum Gasteiger partial charge on any atom is 0.251 e. The van der Waals surface area contributed by atoms with Gasteiger partial charge in [0.25, 0.3) is 5.91 Å². The normalized spacial score (nSPS) is 17.1. The van der Waals surface area contributed by atoms with E-state index in [4.69, 9.17) is 11.6 Å². The molecule has 29 heavy (non-hydrogen) atoms. The topological polar surface area (TPSA) is 78.5 Å². The van der Waals surface area contributed by atoms with E-state index < -0.39 is 0 Å². The lowest BCUT2D eigenvalue weighted by Crippen LogP contribution is -2.38. The first-order valence-electron chi connectivity index (χ1n) is 9.61. The summed E-state index contributed by atoms with van der Waals surface area (Å²) >= 11 is 5.81. The van der Waals surface area contributed by atoms with Gasteiger partial charge in [0.15, 0.2) is 0 Å². The standard InChI is InChI=1S/C22H24ClN3O3/c1-15(16-5-3-2-4-6-16)26-14-18(13-20(26)27)22(29)25-12-11-24-21(28)17-7-9-19(23)10-8-17/h2-10,15,18H,11-14H2,1H3,(H,24,28)(H,25,29). The number of rotatable bonds is 7. The zero-order valence-electron chi connectivity index (χ0n) is 16.2. The Balaban J connectivity index is 1.43. The molecule has 3 rings (SSSR count). The Bertz CT molecular complexity index is 871. The van der Waals surface area contributed by atoms with Crippen LogP contribution in [0, 0.1) is 5.92 Å². The molecule has 1 aliphatic heterocycles. The quantitative estimate of drug-likeness (QED) is 0.685. The Hall–Kier alpha value is -2.86. The minimum atomic E-state index is -0.374. The molecule has 2 aromatic rings. The molecule has 2 atom stereocenters. The molecule has 1 fully saturated rings. The predicted octanol–water partition coefficient (Wildman–Crippen LogP) is 2.80. The third-order valence-electron chi connectivity index (χ3n) is 5.09. The molecule has 6 nitrogen and oxygen atoms in total. The van der Waals surface area contributed by atoms with Crippen molar-refractivity contribution in [3.63, 3.8) is 0 Å². The molecule has 2 aromatic carbocycles. The fourth-order valence-corrected chi connectivity index (χ4v) is 3.53. The van der Waals surface area contributed by atoms with Crippen LogP contribution in [0.15, 0.2) is 54.6 Å². The summed E-state index contributed by atoms with van der Waals surface area (Å²) in [7, 11) is 0. The molecule has 0 radical (unpaired) electrons. The highest BCUT2D eigenvalue weighted by Gasteiger charge is 2.36. The molecule has 1 heterocycles. The summed E-state index contributed by atoms with van der Waals surface area (Å²) in [6.45, 7) is 2.98. The van der Waals surface area contributed by atoms with Crippen molar-refractivity contribution in [1.29, 1.82) is 0 Å². The molecule has 0 aliphatic carbocycles. The number of nitrogens with zero attached hydrogens (tertiary/aromatic N) is 1. The second-order valence-corrected chi connectivity index (χ2v) is 7.52. The van der Waals surface area contributed by atoms with Gasteiger partial charge >= 0.3 is 0 Å². The number of likely N-dealkylation sites (tertiary alicyclic amines) is 1. The van der Waals surface area contributed by atoms with Crippen molar-refractivity contribution >= 4 is 29.3 Å². The number of amides is 3. The maximum atomic E-state index is 12.4. The lowest BCUT2D eigenvalue weighted by Gasteiger charge is -2.25. The molecule has 0 spiro atoms. The molecule has 152 valence electrons. The summed E-state index contributed by atoms with van der Waals surface area (Å²) in [5.41, 5.74) is 1.56. The summed E-state index contributed by atoms with van der Waals surface area (Å²) < 4.78 is 0. The van der Waals surface area contributed by atoms with E-state index in [1.54, 1.807) is 29.2 Å². The molecule has 2 unspecified atom stereocenters. The smallest absolute Gasteiger partial charge is 0.251 e. The van der Waals surface area contributed by atoms with E-state index in [2.05, 4.69) is 10.6 Å². The highest BCUT2D eigenvalue weighted by Crippen LogP contribution is 2.28. The fraction of sp³-hybridized carbons (Fsp3) is 0.318. The van der Waals surface area contributed by atoms with Gasteiger partial charge in [-0.2, -0.15) is 0 Å². The van der Waals surface area contributed by atoms with Crippen molar-refractivity contribution in [3.05, 3.63) is 70.7 Å². The van der Waals surface area contributed by atoms with Gasteiger partial charge in [-0.3, -0.25) is 14.4 Å². The van der Waals surface area contributed by atoms with E-state index >= 15 is 0 Å². The number of benzene rings is 2. The highest BCUT2D eigenvalue weighted by molar-refractivity contribution is 6.30. The second-order valence-electron chi connectivity index (χ2n) is 7.09. The average molecular weight is 414 g/mol. The zero-order valence-corrected chi connectivity index (χ0v) is 17.0. The third-order valence-corrected chi connectivity index (χ3v) is 5.35. The Morgan fingerprint density at radius 1 is 1.07 bits per heavy atom. The monoisotopic (exact) mass is 413 g/mol. The summed E-state index contributed by atoms with van der Waals surface area (Å²) in [5, 5.41) is 6.12. The van der Waals surface area contributed by atoms with Crippen molar-refractivity contribution in [3.8, 4) is 0 Å². The second kappa shape index (κ2) is 9.56. The van der Waals surface area contributed by atoms with Crippen LogP contribution < -0.4 is 10.6 Å². The van der Waals surface area contributed by atoms with Gasteiger partial charge in [0.1, 0.15) is 0 Å². The van der Waals surface area contributed by atoms with Gasteiger partial charge in [-0.25, -0.2) is 0 Å². The number of carbonyl (C=O) groups is 3. The first-order valence-corrected chi connectivity index (χ1v) is 9.99. The number of halogens is 1. The number of carbonyl (C=O) groups excluding carboxylic acids is 3. The van der Waals surface area contributed by atoms with Crippen LogP contribution in [0.2, 0.25) is 5.02 Å². The maximum absolute atomic E-state index is 12.4. The SMILES string of the molecule is CC(c1ccccc1)N1CC(C(=O)NCCNC(=O)c2ccc(Cl)cc2)CC1=O. The minimum Gasteiger partial charge on any atom is -0.354 e.